The van der Waals surface area contributed by atoms with Crippen LogP contribution in [0, 0.1) is 0 Å². The third-order valence-corrected chi connectivity index (χ3v) is 3.61. The number of hydrogen-bond donors (Lipinski definition) is 2. The van der Waals surface area contributed by atoms with Crippen LogP contribution in [0.15, 0.2) is 42.5 Å². The number of rotatable bonds is 9. The normalized spacial score (nSPS) is 12.7. The van der Waals surface area contributed by atoms with Gasteiger partial charge in [0.05, 0.1) is 14.2 Å². The molecular formula is C19H24N2O6. The summed E-state index contributed by atoms with van der Waals surface area (Å²) in [4.78, 5) is 47.1. The summed E-state index contributed by atoms with van der Waals surface area (Å²) in [6.07, 6.45) is 2.85. The van der Waals surface area contributed by atoms with Gasteiger partial charge in [-0.1, -0.05) is 36.4 Å². The molecule has 0 aliphatic heterocycles. The Bertz CT molecular complexity index is 687. The van der Waals surface area contributed by atoms with E-state index in [2.05, 4.69) is 20.1 Å². The van der Waals surface area contributed by atoms with Crippen LogP contribution in [0.2, 0.25) is 0 Å². The van der Waals surface area contributed by atoms with Gasteiger partial charge in [0.2, 0.25) is 11.8 Å². The minimum atomic E-state index is -1.00. The fraction of sp³-hybridized carbons (Fsp3) is 0.368. The van der Waals surface area contributed by atoms with Crippen molar-refractivity contribution in [2.45, 2.75) is 31.8 Å². The zero-order valence-electron chi connectivity index (χ0n) is 15.6. The van der Waals surface area contributed by atoms with Gasteiger partial charge in [-0.3, -0.25) is 9.59 Å². The molecule has 0 fully saturated rings. The van der Waals surface area contributed by atoms with Crippen LogP contribution in [-0.2, 0) is 35.1 Å². The van der Waals surface area contributed by atoms with E-state index in [4.69, 9.17) is 0 Å². The number of ether oxygens (including phenoxy) is 2. The molecule has 1 aromatic carbocycles. The molecular weight excluding hydrogens is 352 g/mol. The molecule has 0 bridgehead atoms. The molecule has 0 aromatic heterocycles. The van der Waals surface area contributed by atoms with Crippen LogP contribution in [0.25, 0.3) is 0 Å². The van der Waals surface area contributed by atoms with Crippen LogP contribution in [0.5, 0.6) is 0 Å². The number of hydrogen-bond acceptors (Lipinski definition) is 6. The number of methoxy groups -OCH3 is 2. The van der Waals surface area contributed by atoms with Crippen LogP contribution >= 0.6 is 0 Å². The molecule has 146 valence electrons. The monoisotopic (exact) mass is 376 g/mol. The SMILES string of the molecule is COC(=O)/C=C/C[C@H](NC(=O)[C@@H](Cc1ccccc1)NC(C)=O)C(=O)OC. The number of esters is 2. The zero-order valence-corrected chi connectivity index (χ0v) is 15.6. The number of amides is 2. The fourth-order valence-electron chi connectivity index (χ4n) is 2.30. The summed E-state index contributed by atoms with van der Waals surface area (Å²) in [5, 5.41) is 5.13. The molecule has 0 aliphatic rings. The van der Waals surface area contributed by atoms with Gasteiger partial charge in [-0.15, -0.1) is 0 Å². The van der Waals surface area contributed by atoms with Gasteiger partial charge in [0, 0.05) is 19.4 Å². The number of benzene rings is 1. The zero-order chi connectivity index (χ0) is 20.2. The van der Waals surface area contributed by atoms with E-state index in [0.717, 1.165) is 11.6 Å². The Hall–Kier alpha value is -3.16. The summed E-state index contributed by atoms with van der Waals surface area (Å²) in [6.45, 7) is 1.31. The molecule has 0 heterocycles. The maximum atomic E-state index is 12.6. The Balaban J connectivity index is 2.86. The Morgan fingerprint density at radius 3 is 2.22 bits per heavy atom. The molecule has 8 heteroatoms. The number of nitrogens with one attached hydrogen (secondary N) is 2. The van der Waals surface area contributed by atoms with Gasteiger partial charge >= 0.3 is 11.9 Å². The molecule has 2 amide bonds. The van der Waals surface area contributed by atoms with Crippen LogP contribution in [-0.4, -0.2) is 50.1 Å². The number of carbonyl (C=O) groups is 4. The number of carbonyl (C=O) groups excluding carboxylic acids is 4. The van der Waals surface area contributed by atoms with Gasteiger partial charge in [-0.05, 0) is 12.0 Å². The molecule has 0 spiro atoms. The summed E-state index contributed by atoms with van der Waals surface area (Å²) >= 11 is 0. The van der Waals surface area contributed by atoms with Crippen molar-refractivity contribution >= 4 is 23.8 Å². The molecule has 0 radical (unpaired) electrons. The van der Waals surface area contributed by atoms with Crippen molar-refractivity contribution in [2.75, 3.05) is 14.2 Å². The molecule has 27 heavy (non-hydrogen) atoms. The first-order valence-corrected chi connectivity index (χ1v) is 8.31. The van der Waals surface area contributed by atoms with Crippen molar-refractivity contribution in [2.24, 2.45) is 0 Å². The molecule has 0 unspecified atom stereocenters. The highest BCUT2D eigenvalue weighted by molar-refractivity contribution is 5.90. The molecule has 0 aliphatic carbocycles. The standard InChI is InChI=1S/C19H24N2O6/c1-13(22)20-16(12-14-8-5-4-6-9-14)18(24)21-15(19(25)27-3)10-7-11-17(23)26-2/h4-9,11,15-16H,10,12H2,1-3H3,(H,20,22)(H,21,24)/b11-7+/t15-,16+/m0/s1. The molecule has 1 rings (SSSR count). The van der Waals surface area contributed by atoms with E-state index in [9.17, 15) is 19.2 Å². The second-order valence-corrected chi connectivity index (χ2v) is 5.69. The first-order chi connectivity index (χ1) is 12.9. The van der Waals surface area contributed by atoms with E-state index < -0.39 is 29.9 Å². The van der Waals surface area contributed by atoms with E-state index in [1.807, 2.05) is 30.3 Å². The Kier molecular flexibility index (Phi) is 9.28. The van der Waals surface area contributed by atoms with Gasteiger partial charge in [0.25, 0.3) is 0 Å². The van der Waals surface area contributed by atoms with Crippen LogP contribution < -0.4 is 10.6 Å². The van der Waals surface area contributed by atoms with Crippen molar-refractivity contribution in [3.8, 4) is 0 Å². The minimum Gasteiger partial charge on any atom is -0.467 e. The molecule has 0 saturated carbocycles. The molecule has 8 nitrogen and oxygen atoms in total. The lowest BCUT2D eigenvalue weighted by Gasteiger charge is -2.21. The van der Waals surface area contributed by atoms with Crippen molar-refractivity contribution < 1.29 is 28.7 Å². The van der Waals surface area contributed by atoms with Crippen LogP contribution in [0.3, 0.4) is 0 Å². The van der Waals surface area contributed by atoms with Gasteiger partial charge in [-0.2, -0.15) is 0 Å². The van der Waals surface area contributed by atoms with Gasteiger partial charge in [0.1, 0.15) is 12.1 Å². The van der Waals surface area contributed by atoms with Gasteiger partial charge in [-0.25, -0.2) is 9.59 Å². The lowest BCUT2D eigenvalue weighted by molar-refractivity contribution is -0.145. The van der Waals surface area contributed by atoms with Crippen molar-refractivity contribution in [1.29, 1.82) is 0 Å². The first kappa shape index (κ1) is 21.9. The summed E-state index contributed by atoms with van der Waals surface area (Å²) < 4.78 is 9.16. The van der Waals surface area contributed by atoms with Crippen LogP contribution in [0.1, 0.15) is 18.9 Å². The Morgan fingerprint density at radius 2 is 1.67 bits per heavy atom. The van der Waals surface area contributed by atoms with E-state index in [-0.39, 0.29) is 18.7 Å². The molecule has 2 N–H and O–H groups in total. The third-order valence-electron chi connectivity index (χ3n) is 3.61. The van der Waals surface area contributed by atoms with E-state index in [1.54, 1.807) is 0 Å². The van der Waals surface area contributed by atoms with Gasteiger partial charge < -0.3 is 20.1 Å². The summed E-state index contributed by atoms with van der Waals surface area (Å²) in [7, 11) is 2.43. The van der Waals surface area contributed by atoms with Crippen molar-refractivity contribution in [1.82, 2.24) is 10.6 Å². The quantitative estimate of drug-likeness (QED) is 0.480. The topological polar surface area (TPSA) is 111 Å². The second kappa shape index (κ2) is 11.5. The maximum absolute atomic E-state index is 12.6. The lowest BCUT2D eigenvalue weighted by atomic mass is 10.0. The summed E-state index contributed by atoms with van der Waals surface area (Å²) in [5.74, 6) is -2.15. The lowest BCUT2D eigenvalue weighted by Crippen LogP contribution is -2.52. The third kappa shape index (κ3) is 8.17. The predicted molar refractivity (Wildman–Crippen MR) is 97.5 cm³/mol. The van der Waals surface area contributed by atoms with Crippen LogP contribution in [0.4, 0.5) is 0 Å². The van der Waals surface area contributed by atoms with Gasteiger partial charge in [0.15, 0.2) is 0 Å². The molecule has 2 atom stereocenters. The Labute approximate surface area is 157 Å². The summed E-state index contributed by atoms with van der Waals surface area (Å²) in [6, 6.07) is 7.30. The average molecular weight is 376 g/mol. The predicted octanol–water partition coefficient (Wildman–Crippen LogP) is 0.511. The molecule has 1 aromatic rings. The van der Waals surface area contributed by atoms with Crippen molar-refractivity contribution in [3.63, 3.8) is 0 Å². The van der Waals surface area contributed by atoms with Crippen molar-refractivity contribution in [3.05, 3.63) is 48.0 Å². The highest BCUT2D eigenvalue weighted by atomic mass is 16.5. The highest BCUT2D eigenvalue weighted by Gasteiger charge is 2.26. The van der Waals surface area contributed by atoms with E-state index in [1.165, 1.54) is 27.2 Å². The largest absolute Gasteiger partial charge is 0.467 e. The summed E-state index contributed by atoms with van der Waals surface area (Å²) in [5.41, 5.74) is 0.853. The average Bonchev–Trinajstić information content (AvgIpc) is 2.66. The van der Waals surface area contributed by atoms with E-state index in [0.29, 0.717) is 0 Å². The maximum Gasteiger partial charge on any atom is 0.330 e. The smallest absolute Gasteiger partial charge is 0.330 e. The Morgan fingerprint density at radius 1 is 1.00 bits per heavy atom. The second-order valence-electron chi connectivity index (χ2n) is 5.69. The minimum absolute atomic E-state index is 0.0334. The fourth-order valence-corrected chi connectivity index (χ4v) is 2.30. The van der Waals surface area contributed by atoms with E-state index >= 15 is 0 Å². The first-order valence-electron chi connectivity index (χ1n) is 8.31. The highest BCUT2D eigenvalue weighted by Crippen LogP contribution is 2.05. The molecule has 0 saturated heterocycles.